The summed E-state index contributed by atoms with van der Waals surface area (Å²) >= 11 is 0. The molecule has 1 aromatic carbocycles. The highest BCUT2D eigenvalue weighted by Gasteiger charge is 2.52. The summed E-state index contributed by atoms with van der Waals surface area (Å²) in [5, 5.41) is 0. The zero-order valence-corrected chi connectivity index (χ0v) is 11.6. The van der Waals surface area contributed by atoms with Crippen LogP contribution in [-0.2, 0) is 6.42 Å². The number of pyridine rings is 1. The van der Waals surface area contributed by atoms with Crippen molar-refractivity contribution < 1.29 is 0 Å². The summed E-state index contributed by atoms with van der Waals surface area (Å²) < 4.78 is 0. The number of hydrogen-bond acceptors (Lipinski definition) is 1. The highest BCUT2D eigenvalue weighted by Crippen LogP contribution is 2.61. The molecule has 3 aliphatic rings. The van der Waals surface area contributed by atoms with E-state index in [1.165, 1.54) is 35.2 Å². The Morgan fingerprint density at radius 2 is 1.89 bits per heavy atom. The summed E-state index contributed by atoms with van der Waals surface area (Å²) in [6.07, 6.45) is 4.58. The smallest absolute Gasteiger partial charge is 0.0442 e. The Labute approximate surface area is 114 Å². The van der Waals surface area contributed by atoms with Gasteiger partial charge in [-0.1, -0.05) is 44.2 Å². The van der Waals surface area contributed by atoms with E-state index in [4.69, 9.17) is 4.98 Å². The first kappa shape index (κ1) is 11.2. The Hall–Kier alpha value is -1.63. The van der Waals surface area contributed by atoms with Crippen molar-refractivity contribution in [2.24, 2.45) is 11.3 Å². The molecule has 1 heterocycles. The topological polar surface area (TPSA) is 12.9 Å². The molecule has 0 aliphatic heterocycles. The molecule has 5 rings (SSSR count). The lowest BCUT2D eigenvalue weighted by Crippen LogP contribution is -2.48. The average molecular weight is 249 g/mol. The highest BCUT2D eigenvalue weighted by atomic mass is 14.7. The van der Waals surface area contributed by atoms with Crippen molar-refractivity contribution in [3.8, 4) is 11.1 Å². The van der Waals surface area contributed by atoms with Crippen LogP contribution in [0.5, 0.6) is 0 Å². The third-order valence-electron chi connectivity index (χ3n) is 5.40. The predicted molar refractivity (Wildman–Crippen MR) is 78.0 cm³/mol. The molecule has 0 N–H and O–H groups in total. The van der Waals surface area contributed by atoms with Gasteiger partial charge in [0.2, 0.25) is 0 Å². The Morgan fingerprint density at radius 3 is 2.63 bits per heavy atom. The number of hydrogen-bond donors (Lipinski definition) is 0. The quantitative estimate of drug-likeness (QED) is 0.728. The molecule has 2 atom stereocenters. The molecule has 0 amide bonds. The van der Waals surface area contributed by atoms with Crippen molar-refractivity contribution in [1.29, 1.82) is 0 Å². The molecular weight excluding hydrogens is 230 g/mol. The maximum Gasteiger partial charge on any atom is 0.0442 e. The number of aromatic nitrogens is 1. The van der Waals surface area contributed by atoms with Crippen LogP contribution >= 0.6 is 0 Å². The standard InChI is InChI=1S/C18H19N/c1-18(2)14-9-16(18)15-8-13(11-19-17(15)10-14)12-6-4-3-5-7-12/h3-8,11,14,16H,9-10H2,1-2H3. The number of benzene rings is 1. The largest absolute Gasteiger partial charge is 0.260 e. The van der Waals surface area contributed by atoms with Gasteiger partial charge in [-0.15, -0.1) is 0 Å². The van der Waals surface area contributed by atoms with Crippen molar-refractivity contribution in [3.05, 3.63) is 53.9 Å². The van der Waals surface area contributed by atoms with Gasteiger partial charge in [0.05, 0.1) is 0 Å². The molecule has 1 saturated carbocycles. The van der Waals surface area contributed by atoms with Gasteiger partial charge in [0, 0.05) is 17.5 Å². The molecular formula is C18H19N. The SMILES string of the molecule is CC1(C)C2Cc3ncc(-c4ccccc4)cc3C1C2. The molecule has 0 radical (unpaired) electrons. The summed E-state index contributed by atoms with van der Waals surface area (Å²) in [4.78, 5) is 4.74. The lowest BCUT2D eigenvalue weighted by atomic mass is 9.48. The van der Waals surface area contributed by atoms with Crippen LogP contribution < -0.4 is 0 Å². The van der Waals surface area contributed by atoms with E-state index in [0.29, 0.717) is 5.41 Å². The van der Waals surface area contributed by atoms with Crippen LogP contribution in [-0.4, -0.2) is 4.98 Å². The van der Waals surface area contributed by atoms with Gasteiger partial charge in [0.1, 0.15) is 0 Å². The maximum absolute atomic E-state index is 4.74. The Balaban J connectivity index is 1.81. The normalized spacial score (nSPS) is 26.4. The number of rotatable bonds is 1. The summed E-state index contributed by atoms with van der Waals surface area (Å²) in [5.41, 5.74) is 5.87. The van der Waals surface area contributed by atoms with Gasteiger partial charge in [0.15, 0.2) is 0 Å². The van der Waals surface area contributed by atoms with E-state index in [-0.39, 0.29) is 0 Å². The summed E-state index contributed by atoms with van der Waals surface area (Å²) in [7, 11) is 0. The Bertz CT molecular complexity index is 627. The zero-order valence-electron chi connectivity index (χ0n) is 11.6. The van der Waals surface area contributed by atoms with E-state index in [2.05, 4.69) is 50.2 Å². The van der Waals surface area contributed by atoms with E-state index in [1.54, 1.807) is 0 Å². The van der Waals surface area contributed by atoms with Crippen LogP contribution in [0.1, 0.15) is 37.4 Å². The van der Waals surface area contributed by atoms with E-state index >= 15 is 0 Å². The molecule has 0 saturated heterocycles. The molecule has 1 nitrogen and oxygen atoms in total. The third kappa shape index (κ3) is 1.51. The molecule has 3 aliphatic carbocycles. The zero-order chi connectivity index (χ0) is 13.0. The second kappa shape index (κ2) is 3.69. The van der Waals surface area contributed by atoms with Gasteiger partial charge in [-0.2, -0.15) is 0 Å². The molecule has 1 aromatic heterocycles. The summed E-state index contributed by atoms with van der Waals surface area (Å²) in [6, 6.07) is 13.0. The minimum absolute atomic E-state index is 0.476. The first-order valence-corrected chi connectivity index (χ1v) is 7.20. The van der Waals surface area contributed by atoms with E-state index < -0.39 is 0 Å². The van der Waals surface area contributed by atoms with Crippen molar-refractivity contribution in [2.75, 3.05) is 0 Å². The summed E-state index contributed by atoms with van der Waals surface area (Å²) in [6.45, 7) is 4.84. The predicted octanol–water partition coefficient (Wildman–Crippen LogP) is 4.43. The van der Waals surface area contributed by atoms with Gasteiger partial charge >= 0.3 is 0 Å². The second-order valence-corrected chi connectivity index (χ2v) is 6.64. The molecule has 1 fully saturated rings. The van der Waals surface area contributed by atoms with Gasteiger partial charge in [-0.25, -0.2) is 0 Å². The molecule has 2 aromatic rings. The molecule has 2 bridgehead atoms. The van der Waals surface area contributed by atoms with Crippen LogP contribution in [0.2, 0.25) is 0 Å². The van der Waals surface area contributed by atoms with E-state index in [0.717, 1.165) is 11.8 Å². The van der Waals surface area contributed by atoms with E-state index in [1.807, 2.05) is 6.20 Å². The molecule has 19 heavy (non-hydrogen) atoms. The summed E-state index contributed by atoms with van der Waals surface area (Å²) in [5.74, 6) is 1.57. The van der Waals surface area contributed by atoms with E-state index in [9.17, 15) is 0 Å². The Kier molecular flexibility index (Phi) is 2.18. The lowest BCUT2D eigenvalue weighted by Gasteiger charge is -2.56. The maximum atomic E-state index is 4.74. The van der Waals surface area contributed by atoms with Crippen molar-refractivity contribution >= 4 is 0 Å². The van der Waals surface area contributed by atoms with Gasteiger partial charge < -0.3 is 0 Å². The average Bonchev–Trinajstić information content (AvgIpc) is 2.46. The second-order valence-electron chi connectivity index (χ2n) is 6.64. The fraction of sp³-hybridized carbons (Fsp3) is 0.389. The first-order chi connectivity index (χ1) is 9.16. The van der Waals surface area contributed by atoms with Crippen LogP contribution in [0.3, 0.4) is 0 Å². The fourth-order valence-electron chi connectivity index (χ4n) is 3.89. The van der Waals surface area contributed by atoms with Crippen molar-refractivity contribution in [3.63, 3.8) is 0 Å². The minimum atomic E-state index is 0.476. The van der Waals surface area contributed by atoms with Crippen LogP contribution in [0.4, 0.5) is 0 Å². The molecule has 2 unspecified atom stereocenters. The molecule has 0 spiro atoms. The fourth-order valence-corrected chi connectivity index (χ4v) is 3.89. The van der Waals surface area contributed by atoms with Gasteiger partial charge in [-0.3, -0.25) is 4.98 Å². The minimum Gasteiger partial charge on any atom is -0.260 e. The lowest BCUT2D eigenvalue weighted by molar-refractivity contribution is 0.0170. The first-order valence-electron chi connectivity index (χ1n) is 7.20. The molecule has 96 valence electrons. The molecule has 1 heteroatoms. The Morgan fingerprint density at radius 1 is 1.11 bits per heavy atom. The van der Waals surface area contributed by atoms with Crippen LogP contribution in [0.25, 0.3) is 11.1 Å². The van der Waals surface area contributed by atoms with Gasteiger partial charge in [-0.05, 0) is 47.3 Å². The van der Waals surface area contributed by atoms with Crippen LogP contribution in [0, 0.1) is 11.3 Å². The third-order valence-corrected chi connectivity index (χ3v) is 5.40. The monoisotopic (exact) mass is 249 g/mol. The van der Waals surface area contributed by atoms with Crippen molar-refractivity contribution in [2.45, 2.75) is 32.6 Å². The van der Waals surface area contributed by atoms with Crippen LogP contribution in [0.15, 0.2) is 42.6 Å². The highest BCUT2D eigenvalue weighted by molar-refractivity contribution is 5.64. The van der Waals surface area contributed by atoms with Crippen molar-refractivity contribution in [1.82, 2.24) is 4.98 Å². The number of nitrogens with zero attached hydrogens (tertiary/aromatic N) is 1. The van der Waals surface area contributed by atoms with Gasteiger partial charge in [0.25, 0.3) is 0 Å².